The summed E-state index contributed by atoms with van der Waals surface area (Å²) in [5.41, 5.74) is 5.68. The maximum atomic E-state index is 11.4. The van der Waals surface area contributed by atoms with Crippen LogP contribution in [0.1, 0.15) is 33.1 Å². The van der Waals surface area contributed by atoms with E-state index in [9.17, 15) is 9.59 Å². The minimum Gasteiger partial charge on any atom is -0.481 e. The van der Waals surface area contributed by atoms with Gasteiger partial charge in [-0.15, -0.1) is 0 Å². The van der Waals surface area contributed by atoms with Gasteiger partial charge in [0.25, 0.3) is 0 Å². The molecule has 2 atom stereocenters. The van der Waals surface area contributed by atoms with Crippen molar-refractivity contribution in [2.75, 3.05) is 6.54 Å². The highest BCUT2D eigenvalue weighted by atomic mass is 16.4. The molecule has 0 aliphatic heterocycles. The molecule has 0 bridgehead atoms. The van der Waals surface area contributed by atoms with E-state index in [4.69, 9.17) is 10.8 Å². The molecule has 0 rings (SSSR count). The van der Waals surface area contributed by atoms with Gasteiger partial charge in [0.05, 0.1) is 6.04 Å². The molecule has 15 heavy (non-hydrogen) atoms. The zero-order valence-corrected chi connectivity index (χ0v) is 9.32. The second-order valence-electron chi connectivity index (χ2n) is 3.70. The number of carbonyl (C=O) groups excluding carboxylic acids is 1. The molecule has 0 spiro atoms. The number of carbonyl (C=O) groups is 2. The average molecular weight is 216 g/mol. The number of carboxylic acid groups (broad SMARTS) is 1. The molecule has 5 heteroatoms. The third-order valence-corrected chi connectivity index (χ3v) is 2.43. The molecule has 0 saturated carbocycles. The van der Waals surface area contributed by atoms with Gasteiger partial charge in [-0.05, 0) is 12.3 Å². The van der Waals surface area contributed by atoms with Gasteiger partial charge in [-0.3, -0.25) is 9.59 Å². The Kier molecular flexibility index (Phi) is 6.70. The molecule has 0 aromatic heterocycles. The summed E-state index contributed by atoms with van der Waals surface area (Å²) < 4.78 is 0. The van der Waals surface area contributed by atoms with Crippen LogP contribution in [0.4, 0.5) is 0 Å². The van der Waals surface area contributed by atoms with Crippen LogP contribution in [-0.4, -0.2) is 29.6 Å². The SMILES string of the molecule is CCC(C)C(N)C(=O)NCCCC(=O)O. The first-order chi connectivity index (χ1) is 6.99. The van der Waals surface area contributed by atoms with E-state index in [1.54, 1.807) is 0 Å². The van der Waals surface area contributed by atoms with E-state index in [-0.39, 0.29) is 18.2 Å². The molecule has 5 nitrogen and oxygen atoms in total. The Balaban J connectivity index is 3.69. The summed E-state index contributed by atoms with van der Waals surface area (Å²) in [6, 6.07) is -0.500. The van der Waals surface area contributed by atoms with Crippen molar-refractivity contribution >= 4 is 11.9 Å². The predicted octanol–water partition coefficient (Wildman–Crippen LogP) is 0.341. The molecule has 0 aliphatic rings. The Morgan fingerprint density at radius 3 is 2.53 bits per heavy atom. The van der Waals surface area contributed by atoms with E-state index >= 15 is 0 Å². The van der Waals surface area contributed by atoms with Crippen LogP contribution in [0.25, 0.3) is 0 Å². The number of nitrogens with one attached hydrogen (secondary N) is 1. The number of hydrogen-bond donors (Lipinski definition) is 3. The first-order valence-electron chi connectivity index (χ1n) is 5.24. The van der Waals surface area contributed by atoms with Gasteiger partial charge < -0.3 is 16.2 Å². The molecular weight excluding hydrogens is 196 g/mol. The van der Waals surface area contributed by atoms with Crippen molar-refractivity contribution in [3.63, 3.8) is 0 Å². The van der Waals surface area contributed by atoms with E-state index in [0.717, 1.165) is 6.42 Å². The quantitative estimate of drug-likeness (QED) is 0.535. The fourth-order valence-corrected chi connectivity index (χ4v) is 1.08. The minimum absolute atomic E-state index is 0.0683. The number of carboxylic acids is 1. The van der Waals surface area contributed by atoms with E-state index in [1.807, 2.05) is 13.8 Å². The average Bonchev–Trinajstić information content (AvgIpc) is 2.21. The fourth-order valence-electron chi connectivity index (χ4n) is 1.08. The first kappa shape index (κ1) is 13.9. The number of hydrogen-bond acceptors (Lipinski definition) is 3. The Morgan fingerprint density at radius 1 is 1.47 bits per heavy atom. The van der Waals surface area contributed by atoms with E-state index in [2.05, 4.69) is 5.32 Å². The molecule has 88 valence electrons. The summed E-state index contributed by atoms with van der Waals surface area (Å²) in [6.45, 7) is 4.26. The molecule has 0 aromatic rings. The van der Waals surface area contributed by atoms with Crippen LogP contribution < -0.4 is 11.1 Å². The maximum absolute atomic E-state index is 11.4. The van der Waals surface area contributed by atoms with Crippen molar-refractivity contribution in [1.82, 2.24) is 5.32 Å². The largest absolute Gasteiger partial charge is 0.481 e. The molecule has 0 saturated heterocycles. The predicted molar refractivity (Wildman–Crippen MR) is 57.3 cm³/mol. The number of nitrogens with two attached hydrogens (primary N) is 1. The Morgan fingerprint density at radius 2 is 2.07 bits per heavy atom. The molecular formula is C10H20N2O3. The van der Waals surface area contributed by atoms with Gasteiger partial charge in [-0.2, -0.15) is 0 Å². The zero-order valence-electron chi connectivity index (χ0n) is 9.32. The molecule has 2 unspecified atom stereocenters. The summed E-state index contributed by atoms with van der Waals surface area (Å²) in [6.07, 6.45) is 1.36. The number of rotatable bonds is 7. The molecule has 4 N–H and O–H groups in total. The highest BCUT2D eigenvalue weighted by molar-refractivity contribution is 5.81. The first-order valence-corrected chi connectivity index (χ1v) is 5.24. The van der Waals surface area contributed by atoms with Crippen molar-refractivity contribution in [3.8, 4) is 0 Å². The highest BCUT2D eigenvalue weighted by Crippen LogP contribution is 2.04. The van der Waals surface area contributed by atoms with Crippen molar-refractivity contribution in [2.24, 2.45) is 11.7 Å². The van der Waals surface area contributed by atoms with Gasteiger partial charge in [0, 0.05) is 13.0 Å². The Hall–Kier alpha value is -1.10. The van der Waals surface area contributed by atoms with Crippen molar-refractivity contribution < 1.29 is 14.7 Å². The Bertz CT molecular complexity index is 219. The smallest absolute Gasteiger partial charge is 0.303 e. The number of aliphatic carboxylic acids is 1. The van der Waals surface area contributed by atoms with Crippen LogP contribution in [0.5, 0.6) is 0 Å². The fraction of sp³-hybridized carbons (Fsp3) is 0.800. The van der Waals surface area contributed by atoms with Gasteiger partial charge in [0.1, 0.15) is 0 Å². The summed E-state index contributed by atoms with van der Waals surface area (Å²) in [7, 11) is 0. The summed E-state index contributed by atoms with van der Waals surface area (Å²) in [4.78, 5) is 21.6. The van der Waals surface area contributed by atoms with Crippen LogP contribution in [0.15, 0.2) is 0 Å². The van der Waals surface area contributed by atoms with Gasteiger partial charge in [0.15, 0.2) is 0 Å². The summed E-state index contributed by atoms with van der Waals surface area (Å²) in [5.74, 6) is -0.908. The summed E-state index contributed by atoms with van der Waals surface area (Å²) >= 11 is 0. The van der Waals surface area contributed by atoms with Crippen LogP contribution in [-0.2, 0) is 9.59 Å². The van der Waals surface area contributed by atoms with E-state index in [0.29, 0.717) is 13.0 Å². The van der Waals surface area contributed by atoms with E-state index in [1.165, 1.54) is 0 Å². The van der Waals surface area contributed by atoms with Crippen LogP contribution >= 0.6 is 0 Å². The number of amides is 1. The van der Waals surface area contributed by atoms with Gasteiger partial charge in [-0.25, -0.2) is 0 Å². The lowest BCUT2D eigenvalue weighted by Gasteiger charge is -2.17. The summed E-state index contributed by atoms with van der Waals surface area (Å²) in [5, 5.41) is 11.0. The third kappa shape index (κ3) is 6.06. The topological polar surface area (TPSA) is 92.4 Å². The molecule has 0 heterocycles. The zero-order chi connectivity index (χ0) is 11.8. The lowest BCUT2D eigenvalue weighted by molar-refractivity contribution is -0.137. The maximum Gasteiger partial charge on any atom is 0.303 e. The second-order valence-corrected chi connectivity index (χ2v) is 3.70. The molecule has 0 aromatic carbocycles. The normalized spacial score (nSPS) is 14.3. The lowest BCUT2D eigenvalue weighted by atomic mass is 9.99. The van der Waals surface area contributed by atoms with Crippen LogP contribution in [0, 0.1) is 5.92 Å². The van der Waals surface area contributed by atoms with Crippen molar-refractivity contribution in [2.45, 2.75) is 39.2 Å². The minimum atomic E-state index is -0.851. The third-order valence-electron chi connectivity index (χ3n) is 2.43. The monoisotopic (exact) mass is 216 g/mol. The van der Waals surface area contributed by atoms with E-state index < -0.39 is 12.0 Å². The molecule has 0 fully saturated rings. The van der Waals surface area contributed by atoms with Crippen molar-refractivity contribution in [3.05, 3.63) is 0 Å². The van der Waals surface area contributed by atoms with Crippen LogP contribution in [0.2, 0.25) is 0 Å². The molecule has 0 radical (unpaired) electrons. The van der Waals surface area contributed by atoms with Gasteiger partial charge >= 0.3 is 5.97 Å². The lowest BCUT2D eigenvalue weighted by Crippen LogP contribution is -2.44. The Labute approximate surface area is 90.0 Å². The molecule has 0 aliphatic carbocycles. The standard InChI is InChI=1S/C10H20N2O3/c1-3-7(2)9(11)10(15)12-6-4-5-8(13)14/h7,9H,3-6,11H2,1-2H3,(H,12,15)(H,13,14). The van der Waals surface area contributed by atoms with Gasteiger partial charge in [-0.1, -0.05) is 20.3 Å². The van der Waals surface area contributed by atoms with Crippen molar-refractivity contribution in [1.29, 1.82) is 0 Å². The second kappa shape index (κ2) is 7.23. The van der Waals surface area contributed by atoms with Gasteiger partial charge in [0.2, 0.25) is 5.91 Å². The van der Waals surface area contributed by atoms with Crippen LogP contribution in [0.3, 0.4) is 0 Å². The highest BCUT2D eigenvalue weighted by Gasteiger charge is 2.18. The molecule has 1 amide bonds.